The van der Waals surface area contributed by atoms with Crippen molar-refractivity contribution in [1.82, 2.24) is 0 Å². The monoisotopic (exact) mass is 268 g/mol. The molecule has 0 radical (unpaired) electrons. The molecule has 1 aliphatic rings. The van der Waals surface area contributed by atoms with Crippen molar-refractivity contribution in [2.24, 2.45) is 0 Å². The second-order valence-corrected chi connectivity index (χ2v) is 5.51. The number of carbonyl (C=O) groups excluding carboxylic acids is 1. The Morgan fingerprint density at radius 1 is 1.05 bits per heavy atom. The van der Waals surface area contributed by atoms with Crippen LogP contribution in [0.25, 0.3) is 0 Å². The summed E-state index contributed by atoms with van der Waals surface area (Å²) in [6.07, 6.45) is 14.3. The van der Waals surface area contributed by atoms with E-state index in [0.717, 1.165) is 24.0 Å². The third-order valence-corrected chi connectivity index (χ3v) is 3.85. The van der Waals surface area contributed by atoms with E-state index in [2.05, 4.69) is 19.1 Å². The fourth-order valence-electron chi connectivity index (χ4n) is 2.56. The summed E-state index contributed by atoms with van der Waals surface area (Å²) in [6, 6.07) is 8.16. The number of Topliss-reactive ketones (excluding diaryl/α,β-unsaturated/α-hetero) is 1. The van der Waals surface area contributed by atoms with E-state index in [0.29, 0.717) is 0 Å². The van der Waals surface area contributed by atoms with Crippen LogP contribution in [0.15, 0.2) is 48.1 Å². The standard InChI is InChI=1S/C19H24O/c1-2-3-4-5-6-9-16-12-14-18(15-13-16)19(20)17-10-7-8-11-17/h7-8,10,12-15H,2-6,9,11H2,1H3. The summed E-state index contributed by atoms with van der Waals surface area (Å²) in [5.41, 5.74) is 3.06. The number of rotatable bonds is 8. The maximum Gasteiger partial charge on any atom is 0.189 e. The molecule has 1 aromatic rings. The Morgan fingerprint density at radius 2 is 1.80 bits per heavy atom. The summed E-state index contributed by atoms with van der Waals surface area (Å²) >= 11 is 0. The van der Waals surface area contributed by atoms with E-state index in [1.54, 1.807) is 0 Å². The van der Waals surface area contributed by atoms with E-state index in [4.69, 9.17) is 0 Å². The summed E-state index contributed by atoms with van der Waals surface area (Å²) in [5, 5.41) is 0. The van der Waals surface area contributed by atoms with Gasteiger partial charge in [0.2, 0.25) is 0 Å². The van der Waals surface area contributed by atoms with Gasteiger partial charge < -0.3 is 0 Å². The average molecular weight is 268 g/mol. The van der Waals surface area contributed by atoms with Gasteiger partial charge in [0.25, 0.3) is 0 Å². The molecule has 1 aliphatic carbocycles. The van der Waals surface area contributed by atoms with E-state index in [-0.39, 0.29) is 5.78 Å². The molecular formula is C19H24O. The molecule has 0 heterocycles. The highest BCUT2D eigenvalue weighted by Gasteiger charge is 2.12. The van der Waals surface area contributed by atoms with Crippen LogP contribution in [-0.4, -0.2) is 5.78 Å². The van der Waals surface area contributed by atoms with Gasteiger partial charge in [-0.1, -0.05) is 75.1 Å². The van der Waals surface area contributed by atoms with Gasteiger partial charge in [0, 0.05) is 11.1 Å². The molecule has 0 bridgehead atoms. The van der Waals surface area contributed by atoms with Gasteiger partial charge in [-0.2, -0.15) is 0 Å². The Hall–Kier alpha value is -1.63. The van der Waals surface area contributed by atoms with Gasteiger partial charge in [-0.3, -0.25) is 4.79 Å². The lowest BCUT2D eigenvalue weighted by Gasteiger charge is -2.05. The first-order valence-electron chi connectivity index (χ1n) is 7.80. The molecule has 0 saturated carbocycles. The van der Waals surface area contributed by atoms with Gasteiger partial charge in [0.15, 0.2) is 5.78 Å². The molecule has 1 aromatic carbocycles. The van der Waals surface area contributed by atoms with Crippen molar-refractivity contribution in [3.05, 3.63) is 59.2 Å². The topological polar surface area (TPSA) is 17.1 Å². The van der Waals surface area contributed by atoms with Gasteiger partial charge >= 0.3 is 0 Å². The Balaban J connectivity index is 1.82. The normalized spacial score (nSPS) is 13.6. The van der Waals surface area contributed by atoms with Crippen LogP contribution in [0.4, 0.5) is 0 Å². The number of hydrogen-bond donors (Lipinski definition) is 0. The molecule has 0 fully saturated rings. The van der Waals surface area contributed by atoms with Crippen molar-refractivity contribution in [3.8, 4) is 0 Å². The maximum atomic E-state index is 12.2. The fraction of sp³-hybridized carbons (Fsp3) is 0.421. The van der Waals surface area contributed by atoms with E-state index in [1.807, 2.05) is 30.4 Å². The number of carbonyl (C=O) groups is 1. The molecule has 20 heavy (non-hydrogen) atoms. The largest absolute Gasteiger partial charge is 0.289 e. The third-order valence-electron chi connectivity index (χ3n) is 3.85. The van der Waals surface area contributed by atoms with Crippen molar-refractivity contribution in [2.75, 3.05) is 0 Å². The lowest BCUT2D eigenvalue weighted by Crippen LogP contribution is -2.01. The van der Waals surface area contributed by atoms with Crippen LogP contribution in [0.3, 0.4) is 0 Å². The first-order valence-corrected chi connectivity index (χ1v) is 7.80. The minimum Gasteiger partial charge on any atom is -0.289 e. The van der Waals surface area contributed by atoms with Crippen LogP contribution in [0.1, 0.15) is 61.4 Å². The van der Waals surface area contributed by atoms with Crippen molar-refractivity contribution in [1.29, 1.82) is 0 Å². The quantitative estimate of drug-likeness (QED) is 0.464. The summed E-state index contributed by atoms with van der Waals surface area (Å²) in [7, 11) is 0. The molecule has 1 nitrogen and oxygen atoms in total. The third kappa shape index (κ3) is 4.19. The lowest BCUT2D eigenvalue weighted by atomic mass is 9.99. The van der Waals surface area contributed by atoms with Crippen molar-refractivity contribution < 1.29 is 4.79 Å². The van der Waals surface area contributed by atoms with Crippen molar-refractivity contribution in [2.45, 2.75) is 51.9 Å². The highest BCUT2D eigenvalue weighted by molar-refractivity contribution is 6.09. The van der Waals surface area contributed by atoms with Crippen LogP contribution < -0.4 is 0 Å². The van der Waals surface area contributed by atoms with Gasteiger partial charge in [-0.05, 0) is 24.8 Å². The molecule has 0 N–H and O–H groups in total. The lowest BCUT2D eigenvalue weighted by molar-refractivity contribution is 0.103. The minimum atomic E-state index is 0.171. The molecule has 106 valence electrons. The molecule has 0 aromatic heterocycles. The average Bonchev–Trinajstić information content (AvgIpc) is 3.01. The predicted molar refractivity (Wildman–Crippen MR) is 85.1 cm³/mol. The molecule has 0 amide bonds. The molecule has 0 aliphatic heterocycles. The van der Waals surface area contributed by atoms with E-state index < -0.39 is 0 Å². The van der Waals surface area contributed by atoms with Gasteiger partial charge in [0.1, 0.15) is 0 Å². The first kappa shape index (κ1) is 14.8. The number of ketones is 1. The molecule has 0 atom stereocenters. The van der Waals surface area contributed by atoms with E-state index in [9.17, 15) is 4.79 Å². The predicted octanol–water partition coefficient (Wildman–Crippen LogP) is 5.27. The first-order chi connectivity index (χ1) is 9.81. The van der Waals surface area contributed by atoms with Crippen LogP contribution >= 0.6 is 0 Å². The Kier molecular flexibility index (Phi) is 5.79. The molecule has 1 heteroatoms. The maximum absolute atomic E-state index is 12.2. The number of hydrogen-bond acceptors (Lipinski definition) is 1. The number of allylic oxidation sites excluding steroid dienone is 4. The highest BCUT2D eigenvalue weighted by atomic mass is 16.1. The Morgan fingerprint density at radius 3 is 2.45 bits per heavy atom. The second-order valence-electron chi connectivity index (χ2n) is 5.51. The minimum absolute atomic E-state index is 0.171. The summed E-state index contributed by atoms with van der Waals surface area (Å²) in [6.45, 7) is 2.24. The zero-order chi connectivity index (χ0) is 14.2. The molecular weight excluding hydrogens is 244 g/mol. The smallest absolute Gasteiger partial charge is 0.189 e. The van der Waals surface area contributed by atoms with Crippen molar-refractivity contribution in [3.63, 3.8) is 0 Å². The number of benzene rings is 1. The van der Waals surface area contributed by atoms with Gasteiger partial charge in [-0.15, -0.1) is 0 Å². The molecule has 2 rings (SSSR count). The number of aryl methyl sites for hydroxylation is 1. The Labute approximate surface area is 122 Å². The van der Waals surface area contributed by atoms with Crippen LogP contribution in [0, 0.1) is 0 Å². The van der Waals surface area contributed by atoms with Crippen LogP contribution in [0.5, 0.6) is 0 Å². The van der Waals surface area contributed by atoms with Gasteiger partial charge in [-0.25, -0.2) is 0 Å². The Bertz CT molecular complexity index is 491. The van der Waals surface area contributed by atoms with E-state index in [1.165, 1.54) is 37.7 Å². The highest BCUT2D eigenvalue weighted by Crippen LogP contribution is 2.18. The van der Waals surface area contributed by atoms with E-state index >= 15 is 0 Å². The molecule has 0 saturated heterocycles. The molecule has 0 spiro atoms. The van der Waals surface area contributed by atoms with Crippen LogP contribution in [-0.2, 0) is 6.42 Å². The SMILES string of the molecule is CCCCCCCc1ccc(C(=O)C2=CC=CC2)cc1. The second kappa shape index (κ2) is 7.84. The summed E-state index contributed by atoms with van der Waals surface area (Å²) in [5.74, 6) is 0.171. The summed E-state index contributed by atoms with van der Waals surface area (Å²) < 4.78 is 0. The zero-order valence-electron chi connectivity index (χ0n) is 12.4. The van der Waals surface area contributed by atoms with Crippen LogP contribution in [0.2, 0.25) is 0 Å². The van der Waals surface area contributed by atoms with Gasteiger partial charge in [0.05, 0.1) is 0 Å². The molecule has 0 unspecified atom stereocenters. The fourth-order valence-corrected chi connectivity index (χ4v) is 2.56. The van der Waals surface area contributed by atoms with Crippen molar-refractivity contribution >= 4 is 5.78 Å². The summed E-state index contributed by atoms with van der Waals surface area (Å²) in [4.78, 5) is 12.2. The number of unbranched alkanes of at least 4 members (excludes halogenated alkanes) is 4. The zero-order valence-corrected chi connectivity index (χ0v) is 12.4.